The third-order valence-corrected chi connectivity index (χ3v) is 5.55. The number of carbonyl (C=O) groups excluding carboxylic acids is 1. The molecule has 1 saturated heterocycles. The minimum atomic E-state index is 0.113. The molecule has 0 N–H and O–H groups in total. The van der Waals surface area contributed by atoms with Crippen molar-refractivity contribution in [3.8, 4) is 0 Å². The van der Waals surface area contributed by atoms with Gasteiger partial charge in [-0.05, 0) is 43.4 Å². The molecule has 0 spiro atoms. The van der Waals surface area contributed by atoms with Crippen LogP contribution >= 0.6 is 0 Å². The van der Waals surface area contributed by atoms with E-state index in [2.05, 4.69) is 53.1 Å². The second-order valence-corrected chi connectivity index (χ2v) is 7.30. The number of aromatic nitrogens is 2. The topological polar surface area (TPSA) is 38.1 Å². The van der Waals surface area contributed by atoms with Crippen molar-refractivity contribution in [3.05, 3.63) is 66.0 Å². The summed E-state index contributed by atoms with van der Waals surface area (Å²) in [6.45, 7) is 3.72. The summed E-state index contributed by atoms with van der Waals surface area (Å²) in [4.78, 5) is 19.4. The summed E-state index contributed by atoms with van der Waals surface area (Å²) < 4.78 is 2.35. The molecule has 3 aromatic rings. The fraction of sp³-hybridized carbons (Fsp3) is 0.391. The van der Waals surface area contributed by atoms with Crippen LogP contribution in [0.1, 0.15) is 50.0 Å². The smallest absolute Gasteiger partial charge is 0.222 e. The standard InChI is InChI=1S/C23H27N3O/c1-2-22(27)25-16-9-15-21(25)23-24-19-13-6-7-14-20(19)26(23)17-8-12-18-10-4-3-5-11-18/h3-7,10-11,13-14,21H,2,8-9,12,15-17H2,1H3. The molecule has 4 rings (SSSR count). The van der Waals surface area contributed by atoms with E-state index in [9.17, 15) is 4.79 Å². The fourth-order valence-electron chi connectivity index (χ4n) is 4.21. The van der Waals surface area contributed by atoms with E-state index in [4.69, 9.17) is 4.98 Å². The molecule has 0 radical (unpaired) electrons. The molecule has 2 aromatic carbocycles. The van der Waals surface area contributed by atoms with Crippen LogP contribution in [-0.2, 0) is 17.8 Å². The van der Waals surface area contributed by atoms with E-state index in [0.29, 0.717) is 6.42 Å². The molecule has 27 heavy (non-hydrogen) atoms. The Bertz CT molecular complexity index is 916. The molecule has 1 amide bonds. The lowest BCUT2D eigenvalue weighted by Gasteiger charge is -2.25. The third-order valence-electron chi connectivity index (χ3n) is 5.55. The molecule has 140 valence electrons. The van der Waals surface area contributed by atoms with Crippen molar-refractivity contribution in [2.75, 3.05) is 6.54 Å². The fourth-order valence-corrected chi connectivity index (χ4v) is 4.21. The number of amides is 1. The molecule has 4 heteroatoms. The molecular formula is C23H27N3O. The van der Waals surface area contributed by atoms with Gasteiger partial charge in [0.05, 0.1) is 17.1 Å². The van der Waals surface area contributed by atoms with Crippen LogP contribution in [0.2, 0.25) is 0 Å². The minimum Gasteiger partial charge on any atom is -0.333 e. The van der Waals surface area contributed by atoms with Crippen molar-refractivity contribution >= 4 is 16.9 Å². The van der Waals surface area contributed by atoms with E-state index >= 15 is 0 Å². The number of para-hydroxylation sites is 2. The predicted molar refractivity (Wildman–Crippen MR) is 108 cm³/mol. The first-order chi connectivity index (χ1) is 13.3. The molecule has 1 fully saturated rings. The Balaban J connectivity index is 1.62. The van der Waals surface area contributed by atoms with Crippen LogP contribution in [0, 0.1) is 0 Å². The highest BCUT2D eigenvalue weighted by Gasteiger charge is 2.32. The summed E-state index contributed by atoms with van der Waals surface area (Å²) in [5, 5.41) is 0. The van der Waals surface area contributed by atoms with Crippen molar-refractivity contribution in [2.24, 2.45) is 0 Å². The quantitative estimate of drug-likeness (QED) is 0.636. The number of rotatable bonds is 6. The van der Waals surface area contributed by atoms with Gasteiger partial charge in [-0.15, -0.1) is 0 Å². The zero-order valence-corrected chi connectivity index (χ0v) is 16.0. The number of benzene rings is 2. The lowest BCUT2D eigenvalue weighted by atomic mass is 10.1. The molecule has 1 aliphatic heterocycles. The maximum atomic E-state index is 12.4. The van der Waals surface area contributed by atoms with E-state index in [1.165, 1.54) is 11.1 Å². The van der Waals surface area contributed by atoms with Crippen LogP contribution in [-0.4, -0.2) is 26.9 Å². The second-order valence-electron chi connectivity index (χ2n) is 7.30. The van der Waals surface area contributed by atoms with E-state index < -0.39 is 0 Å². The Kier molecular flexibility index (Phi) is 5.23. The Morgan fingerprint density at radius 3 is 2.70 bits per heavy atom. The first kappa shape index (κ1) is 17.8. The van der Waals surface area contributed by atoms with Gasteiger partial charge >= 0.3 is 0 Å². The zero-order valence-electron chi connectivity index (χ0n) is 16.0. The van der Waals surface area contributed by atoms with Gasteiger partial charge in [-0.3, -0.25) is 4.79 Å². The Labute approximate surface area is 160 Å². The summed E-state index contributed by atoms with van der Waals surface area (Å²) in [6, 6.07) is 19.1. The number of nitrogens with zero attached hydrogens (tertiary/aromatic N) is 3. The van der Waals surface area contributed by atoms with E-state index in [0.717, 1.165) is 50.1 Å². The SMILES string of the molecule is CCC(=O)N1CCCC1c1nc2ccccc2n1CCCc1ccccc1. The average molecular weight is 361 g/mol. The summed E-state index contributed by atoms with van der Waals surface area (Å²) in [5.74, 6) is 1.30. The number of carbonyl (C=O) groups is 1. The van der Waals surface area contributed by atoms with E-state index in [1.54, 1.807) is 0 Å². The van der Waals surface area contributed by atoms with E-state index in [-0.39, 0.29) is 11.9 Å². The third kappa shape index (κ3) is 3.61. The van der Waals surface area contributed by atoms with Gasteiger partial charge in [0.15, 0.2) is 0 Å². The highest BCUT2D eigenvalue weighted by Crippen LogP contribution is 2.34. The summed E-state index contributed by atoms with van der Waals surface area (Å²) in [7, 11) is 0. The predicted octanol–water partition coefficient (Wildman–Crippen LogP) is 4.74. The van der Waals surface area contributed by atoms with Crippen LogP contribution in [0.4, 0.5) is 0 Å². The van der Waals surface area contributed by atoms with Gasteiger partial charge in [0, 0.05) is 19.5 Å². The van der Waals surface area contributed by atoms with Gasteiger partial charge in [0.2, 0.25) is 5.91 Å². The number of hydrogen-bond donors (Lipinski definition) is 0. The molecule has 4 nitrogen and oxygen atoms in total. The maximum Gasteiger partial charge on any atom is 0.222 e. The summed E-state index contributed by atoms with van der Waals surface area (Å²) >= 11 is 0. The van der Waals surface area contributed by atoms with Crippen LogP contribution in [0.15, 0.2) is 54.6 Å². The molecular weight excluding hydrogens is 334 g/mol. The molecule has 0 bridgehead atoms. The number of fused-ring (bicyclic) bond motifs is 1. The zero-order chi connectivity index (χ0) is 18.6. The highest BCUT2D eigenvalue weighted by molar-refractivity contribution is 5.78. The van der Waals surface area contributed by atoms with Crippen molar-refractivity contribution in [1.82, 2.24) is 14.5 Å². The average Bonchev–Trinajstić information content (AvgIpc) is 3.33. The first-order valence-corrected chi connectivity index (χ1v) is 10.1. The van der Waals surface area contributed by atoms with Crippen LogP contribution in [0.3, 0.4) is 0 Å². The van der Waals surface area contributed by atoms with Gasteiger partial charge in [0.25, 0.3) is 0 Å². The van der Waals surface area contributed by atoms with Crippen LogP contribution in [0.5, 0.6) is 0 Å². The van der Waals surface area contributed by atoms with Crippen LogP contribution in [0.25, 0.3) is 11.0 Å². The molecule has 1 unspecified atom stereocenters. The first-order valence-electron chi connectivity index (χ1n) is 10.1. The van der Waals surface area contributed by atoms with Gasteiger partial charge in [0.1, 0.15) is 5.82 Å². The van der Waals surface area contributed by atoms with Gasteiger partial charge in [-0.2, -0.15) is 0 Å². The molecule has 1 aliphatic rings. The molecule has 1 atom stereocenters. The van der Waals surface area contributed by atoms with Crippen molar-refractivity contribution in [3.63, 3.8) is 0 Å². The highest BCUT2D eigenvalue weighted by atomic mass is 16.2. The second kappa shape index (κ2) is 7.95. The molecule has 2 heterocycles. The Morgan fingerprint density at radius 1 is 1.11 bits per heavy atom. The largest absolute Gasteiger partial charge is 0.333 e. The van der Waals surface area contributed by atoms with Crippen molar-refractivity contribution < 1.29 is 4.79 Å². The number of likely N-dealkylation sites (tertiary alicyclic amines) is 1. The number of aryl methyl sites for hydroxylation is 2. The Hall–Kier alpha value is -2.62. The van der Waals surface area contributed by atoms with Gasteiger partial charge in [-0.25, -0.2) is 4.98 Å². The van der Waals surface area contributed by atoms with Crippen LogP contribution < -0.4 is 0 Å². The molecule has 0 aliphatic carbocycles. The lowest BCUT2D eigenvalue weighted by Crippen LogP contribution is -2.31. The van der Waals surface area contributed by atoms with Crippen molar-refractivity contribution in [2.45, 2.75) is 51.6 Å². The van der Waals surface area contributed by atoms with Gasteiger partial charge in [-0.1, -0.05) is 49.4 Å². The van der Waals surface area contributed by atoms with Gasteiger partial charge < -0.3 is 9.47 Å². The minimum absolute atomic E-state index is 0.113. The summed E-state index contributed by atoms with van der Waals surface area (Å²) in [5.41, 5.74) is 3.58. The number of hydrogen-bond acceptors (Lipinski definition) is 2. The Morgan fingerprint density at radius 2 is 1.89 bits per heavy atom. The molecule has 0 saturated carbocycles. The number of imidazole rings is 1. The summed E-state index contributed by atoms with van der Waals surface area (Å²) in [6.07, 6.45) is 4.74. The molecule has 1 aromatic heterocycles. The maximum absolute atomic E-state index is 12.4. The van der Waals surface area contributed by atoms with E-state index in [1.807, 2.05) is 17.9 Å². The normalized spacial score (nSPS) is 16.9. The monoisotopic (exact) mass is 361 g/mol. The van der Waals surface area contributed by atoms with Crippen molar-refractivity contribution in [1.29, 1.82) is 0 Å². The lowest BCUT2D eigenvalue weighted by molar-refractivity contribution is -0.131.